The third-order valence-electron chi connectivity index (χ3n) is 6.71. The van der Waals surface area contributed by atoms with Crippen LogP contribution in [0.3, 0.4) is 0 Å². The van der Waals surface area contributed by atoms with Gasteiger partial charge in [-0.2, -0.15) is 11.8 Å². The number of carbonyl (C=O) groups excluding carboxylic acids is 2. The number of carboxylic acid groups (broad SMARTS) is 1. The molecule has 0 spiro atoms. The summed E-state index contributed by atoms with van der Waals surface area (Å²) in [7, 11) is 0. The number of nitrogens with one attached hydrogen (secondary N) is 2. The van der Waals surface area contributed by atoms with E-state index in [4.69, 9.17) is 0 Å². The summed E-state index contributed by atoms with van der Waals surface area (Å²) in [5.41, 5.74) is 1.45. The van der Waals surface area contributed by atoms with Crippen molar-refractivity contribution < 1.29 is 19.5 Å². The molecular weight excluding hydrogens is 490 g/mol. The van der Waals surface area contributed by atoms with E-state index >= 15 is 0 Å². The summed E-state index contributed by atoms with van der Waals surface area (Å²) in [5, 5.41) is 14.5. The van der Waals surface area contributed by atoms with Crippen molar-refractivity contribution in [2.75, 3.05) is 31.6 Å². The average Bonchev–Trinajstić information content (AvgIpc) is 3.59. The summed E-state index contributed by atoms with van der Waals surface area (Å²) in [4.78, 5) is 48.6. The van der Waals surface area contributed by atoms with E-state index in [1.54, 1.807) is 18.0 Å². The summed E-state index contributed by atoms with van der Waals surface area (Å²) in [5.74, 6) is -0.851. The van der Waals surface area contributed by atoms with E-state index < -0.39 is 12.0 Å². The Kier molecular flexibility index (Phi) is 9.19. The molecule has 4 rings (SSSR count). The molecule has 2 atom stereocenters. The Morgan fingerprint density at radius 2 is 2.05 bits per heavy atom. The Morgan fingerprint density at radius 3 is 2.81 bits per heavy atom. The van der Waals surface area contributed by atoms with Crippen molar-refractivity contribution in [3.63, 3.8) is 0 Å². The second kappa shape index (κ2) is 12.7. The van der Waals surface area contributed by atoms with E-state index in [1.807, 2.05) is 40.3 Å². The lowest BCUT2D eigenvalue weighted by molar-refractivity contribution is -0.142. The summed E-state index contributed by atoms with van der Waals surface area (Å²) in [6.45, 7) is 1.67. The molecule has 1 aliphatic heterocycles. The SMILES string of the molecule is CSCCC(NC(=O)CN(Cc1cccc2ccccc12)C[C@@H]1CCCN1C(=O)c1c[nH]cn1)C(=O)O. The first-order valence-corrected chi connectivity index (χ1v) is 13.9. The Bertz CT molecular complexity index is 1210. The number of H-pyrrole nitrogens is 1. The monoisotopic (exact) mass is 523 g/mol. The molecule has 1 unspecified atom stereocenters. The zero-order valence-corrected chi connectivity index (χ0v) is 21.7. The van der Waals surface area contributed by atoms with Crippen molar-refractivity contribution >= 4 is 40.3 Å². The highest BCUT2D eigenvalue weighted by Crippen LogP contribution is 2.24. The van der Waals surface area contributed by atoms with Gasteiger partial charge in [0.15, 0.2) is 0 Å². The lowest BCUT2D eigenvalue weighted by Crippen LogP contribution is -2.49. The first-order chi connectivity index (χ1) is 18.0. The number of imidazole rings is 1. The lowest BCUT2D eigenvalue weighted by Gasteiger charge is -2.31. The molecule has 196 valence electrons. The van der Waals surface area contributed by atoms with E-state index in [9.17, 15) is 19.5 Å². The van der Waals surface area contributed by atoms with Gasteiger partial charge in [0, 0.05) is 31.9 Å². The van der Waals surface area contributed by atoms with Crippen LogP contribution in [0.5, 0.6) is 0 Å². The molecule has 1 aliphatic rings. The topological polar surface area (TPSA) is 119 Å². The molecule has 2 aromatic carbocycles. The van der Waals surface area contributed by atoms with Crippen LogP contribution >= 0.6 is 11.8 Å². The highest BCUT2D eigenvalue weighted by Gasteiger charge is 2.32. The Hall–Kier alpha value is -3.37. The maximum atomic E-state index is 13.1. The van der Waals surface area contributed by atoms with Crippen LogP contribution in [0.1, 0.15) is 35.3 Å². The number of aromatic nitrogens is 2. The summed E-state index contributed by atoms with van der Waals surface area (Å²) >= 11 is 1.54. The Balaban J connectivity index is 1.53. The maximum absolute atomic E-state index is 13.1. The van der Waals surface area contributed by atoms with Gasteiger partial charge < -0.3 is 20.3 Å². The normalized spacial score (nSPS) is 16.3. The summed E-state index contributed by atoms with van der Waals surface area (Å²) < 4.78 is 0. The fourth-order valence-electron chi connectivity index (χ4n) is 4.91. The van der Waals surface area contributed by atoms with Gasteiger partial charge in [-0.25, -0.2) is 9.78 Å². The number of hydrogen-bond acceptors (Lipinski definition) is 6. The van der Waals surface area contributed by atoms with E-state index in [1.165, 1.54) is 6.33 Å². The van der Waals surface area contributed by atoms with Gasteiger partial charge in [-0.1, -0.05) is 42.5 Å². The van der Waals surface area contributed by atoms with Gasteiger partial charge >= 0.3 is 5.97 Å². The van der Waals surface area contributed by atoms with Crippen LogP contribution in [0, 0.1) is 0 Å². The number of aliphatic carboxylic acids is 1. The molecule has 1 aromatic heterocycles. The standard InChI is InChI=1S/C27H33N5O4S/c1-37-13-11-23(27(35)36)30-25(33)17-31(15-20-8-4-7-19-6-2-3-10-22(19)20)16-21-9-5-12-32(21)26(34)24-14-28-18-29-24/h2-4,6-8,10,14,18,21,23H,5,9,11-13,15-17H2,1H3,(H,28,29)(H,30,33)(H,35,36)/t21-,23?/m0/s1. The van der Waals surface area contributed by atoms with Crippen LogP contribution in [-0.4, -0.2) is 86.4 Å². The van der Waals surface area contributed by atoms with Crippen molar-refractivity contribution in [1.82, 2.24) is 25.1 Å². The largest absolute Gasteiger partial charge is 0.480 e. The number of aromatic amines is 1. The molecule has 0 saturated carbocycles. The van der Waals surface area contributed by atoms with Crippen molar-refractivity contribution in [3.05, 3.63) is 66.2 Å². The predicted octanol–water partition coefficient (Wildman–Crippen LogP) is 2.99. The number of thioether (sulfide) groups is 1. The van der Waals surface area contributed by atoms with E-state index in [-0.39, 0.29) is 24.4 Å². The molecule has 10 heteroatoms. The minimum atomic E-state index is -1.03. The zero-order valence-electron chi connectivity index (χ0n) is 20.9. The highest BCUT2D eigenvalue weighted by atomic mass is 32.2. The van der Waals surface area contributed by atoms with Gasteiger partial charge in [0.25, 0.3) is 5.91 Å². The molecule has 0 aliphatic carbocycles. The molecule has 0 radical (unpaired) electrons. The van der Waals surface area contributed by atoms with Gasteiger partial charge in [-0.05, 0) is 47.6 Å². The molecule has 1 saturated heterocycles. The van der Waals surface area contributed by atoms with Crippen LogP contribution in [0.4, 0.5) is 0 Å². The molecule has 9 nitrogen and oxygen atoms in total. The molecule has 2 heterocycles. The second-order valence-corrected chi connectivity index (χ2v) is 10.3. The molecular formula is C27H33N5O4S. The van der Waals surface area contributed by atoms with Crippen molar-refractivity contribution in [3.8, 4) is 0 Å². The first kappa shape index (κ1) is 26.7. The van der Waals surface area contributed by atoms with Crippen molar-refractivity contribution in [2.45, 2.75) is 37.9 Å². The number of nitrogens with zero attached hydrogens (tertiary/aromatic N) is 3. The fourth-order valence-corrected chi connectivity index (χ4v) is 5.38. The van der Waals surface area contributed by atoms with Crippen LogP contribution < -0.4 is 5.32 Å². The molecule has 2 amide bonds. The molecule has 3 aromatic rings. The zero-order chi connectivity index (χ0) is 26.2. The summed E-state index contributed by atoms with van der Waals surface area (Å²) in [6.07, 6.45) is 7.07. The predicted molar refractivity (Wildman–Crippen MR) is 144 cm³/mol. The van der Waals surface area contributed by atoms with Gasteiger partial charge in [-0.3, -0.25) is 14.5 Å². The minimum absolute atomic E-state index is 0.0349. The van der Waals surface area contributed by atoms with E-state index in [0.717, 1.165) is 29.2 Å². The maximum Gasteiger partial charge on any atom is 0.326 e. The van der Waals surface area contributed by atoms with Gasteiger partial charge in [0.1, 0.15) is 11.7 Å². The quantitative estimate of drug-likeness (QED) is 0.334. The lowest BCUT2D eigenvalue weighted by atomic mass is 10.0. The van der Waals surface area contributed by atoms with Crippen LogP contribution in [0.2, 0.25) is 0 Å². The van der Waals surface area contributed by atoms with Crippen LogP contribution in [0.25, 0.3) is 10.8 Å². The first-order valence-electron chi connectivity index (χ1n) is 12.5. The number of carboxylic acids is 1. The number of hydrogen-bond donors (Lipinski definition) is 3. The molecule has 3 N–H and O–H groups in total. The van der Waals surface area contributed by atoms with E-state index in [0.29, 0.717) is 37.5 Å². The Morgan fingerprint density at radius 1 is 1.24 bits per heavy atom. The number of carbonyl (C=O) groups is 3. The van der Waals surface area contributed by atoms with Crippen molar-refractivity contribution in [2.24, 2.45) is 0 Å². The smallest absolute Gasteiger partial charge is 0.326 e. The average molecular weight is 524 g/mol. The van der Waals surface area contributed by atoms with Gasteiger partial charge in [-0.15, -0.1) is 0 Å². The third-order valence-corrected chi connectivity index (χ3v) is 7.35. The highest BCUT2D eigenvalue weighted by molar-refractivity contribution is 7.98. The van der Waals surface area contributed by atoms with Crippen LogP contribution in [-0.2, 0) is 16.1 Å². The van der Waals surface area contributed by atoms with Gasteiger partial charge in [0.05, 0.1) is 12.9 Å². The number of benzene rings is 2. The molecule has 0 bridgehead atoms. The van der Waals surface area contributed by atoms with Gasteiger partial charge in [0.2, 0.25) is 5.91 Å². The number of likely N-dealkylation sites (tertiary alicyclic amines) is 1. The Labute approximate surface area is 220 Å². The number of amides is 2. The molecule has 1 fully saturated rings. The second-order valence-electron chi connectivity index (χ2n) is 9.30. The molecule has 37 heavy (non-hydrogen) atoms. The minimum Gasteiger partial charge on any atom is -0.480 e. The van der Waals surface area contributed by atoms with Crippen molar-refractivity contribution in [1.29, 1.82) is 0 Å². The van der Waals surface area contributed by atoms with Crippen LogP contribution in [0.15, 0.2) is 55.0 Å². The number of rotatable bonds is 12. The third kappa shape index (κ3) is 6.90. The fraction of sp³-hybridized carbons (Fsp3) is 0.407. The number of fused-ring (bicyclic) bond motifs is 1. The summed E-state index contributed by atoms with van der Waals surface area (Å²) in [6, 6.07) is 13.2. The van der Waals surface area contributed by atoms with E-state index in [2.05, 4.69) is 33.5 Å².